The van der Waals surface area contributed by atoms with Gasteiger partial charge in [-0.3, -0.25) is 4.79 Å². The van der Waals surface area contributed by atoms with E-state index in [0.717, 1.165) is 5.56 Å². The maximum atomic E-state index is 12.5. The lowest BCUT2D eigenvalue weighted by Gasteiger charge is -2.25. The van der Waals surface area contributed by atoms with E-state index in [0.29, 0.717) is 5.56 Å². The Bertz CT molecular complexity index is 844. The fraction of sp³-hybridized carbons (Fsp3) is 0.278. The van der Waals surface area contributed by atoms with Crippen LogP contribution >= 0.6 is 11.8 Å². The molecule has 1 unspecified atom stereocenters. The second-order valence-electron chi connectivity index (χ2n) is 5.81. The van der Waals surface area contributed by atoms with Crippen LogP contribution in [0.1, 0.15) is 16.5 Å². The van der Waals surface area contributed by atoms with Crippen molar-refractivity contribution < 1.29 is 32.5 Å². The van der Waals surface area contributed by atoms with Crippen molar-refractivity contribution in [3.8, 4) is 17.2 Å². The molecule has 5 nitrogen and oxygen atoms in total. The van der Waals surface area contributed by atoms with Gasteiger partial charge < -0.3 is 19.5 Å². The summed E-state index contributed by atoms with van der Waals surface area (Å²) in [5.74, 6) is 0.0378. The maximum Gasteiger partial charge on any atom is 0.573 e. The summed E-state index contributed by atoms with van der Waals surface area (Å²) in [6.45, 7) is 0.234. The molecule has 1 atom stereocenters. The lowest BCUT2D eigenvalue weighted by Crippen LogP contribution is -2.27. The van der Waals surface area contributed by atoms with E-state index in [9.17, 15) is 23.1 Å². The summed E-state index contributed by atoms with van der Waals surface area (Å²) >= 11 is 1.33. The number of carbonyl (C=O) groups is 1. The van der Waals surface area contributed by atoms with Gasteiger partial charge in [-0.25, -0.2) is 0 Å². The Kier molecular flexibility index (Phi) is 5.41. The third-order valence-electron chi connectivity index (χ3n) is 3.94. The van der Waals surface area contributed by atoms with Gasteiger partial charge in [0.2, 0.25) is 5.91 Å². The van der Waals surface area contributed by atoms with Gasteiger partial charge in [-0.15, -0.1) is 24.9 Å². The van der Waals surface area contributed by atoms with Gasteiger partial charge in [0, 0.05) is 6.54 Å². The number of carbonyl (C=O) groups excluding carboxylic acids is 1. The molecule has 0 bridgehead atoms. The molecule has 1 aliphatic heterocycles. The largest absolute Gasteiger partial charge is 0.573 e. The first kappa shape index (κ1) is 19.2. The smallest absolute Gasteiger partial charge is 0.504 e. The number of hydrogen-bond donors (Lipinski definition) is 1. The number of phenolic OH excluding ortho intramolecular Hbond substituents is 1. The molecule has 2 aromatic rings. The lowest BCUT2D eigenvalue weighted by atomic mass is 10.1. The van der Waals surface area contributed by atoms with Crippen molar-refractivity contribution in [2.45, 2.75) is 18.3 Å². The minimum absolute atomic E-state index is 0.0167. The monoisotopic (exact) mass is 399 g/mol. The number of alkyl halides is 3. The molecule has 2 aromatic carbocycles. The Hall–Kier alpha value is -2.55. The first-order valence-corrected chi connectivity index (χ1v) is 8.94. The Morgan fingerprint density at radius 2 is 2.04 bits per heavy atom. The normalized spacial score (nSPS) is 17.3. The number of nitrogens with zero attached hydrogens (tertiary/aromatic N) is 1. The van der Waals surface area contributed by atoms with E-state index in [-0.39, 0.29) is 35.5 Å². The van der Waals surface area contributed by atoms with Crippen LogP contribution in [0.4, 0.5) is 13.2 Å². The lowest BCUT2D eigenvalue weighted by molar-refractivity contribution is -0.274. The Morgan fingerprint density at radius 1 is 1.26 bits per heavy atom. The molecular formula is C18H16F3NO4S. The van der Waals surface area contributed by atoms with E-state index < -0.39 is 11.7 Å². The van der Waals surface area contributed by atoms with Crippen LogP contribution in [-0.2, 0) is 11.3 Å². The van der Waals surface area contributed by atoms with Gasteiger partial charge in [0.25, 0.3) is 0 Å². The number of ether oxygens (including phenoxy) is 2. The van der Waals surface area contributed by atoms with Crippen LogP contribution in [0.2, 0.25) is 0 Å². The Balaban J connectivity index is 1.83. The number of amides is 1. The standard InChI is InChI=1S/C18H16F3NO4S/c1-25-15-7-11(5-6-14(15)23)9-22-16(24)10-27-17(22)12-3-2-4-13(8-12)26-18(19,20)21/h2-8,17,23H,9-10H2,1H3. The number of halogens is 3. The molecule has 1 fully saturated rings. The second-order valence-corrected chi connectivity index (χ2v) is 6.88. The zero-order valence-electron chi connectivity index (χ0n) is 14.2. The van der Waals surface area contributed by atoms with Crippen LogP contribution in [-0.4, -0.2) is 35.1 Å². The zero-order chi connectivity index (χ0) is 19.6. The van der Waals surface area contributed by atoms with Crippen LogP contribution < -0.4 is 9.47 Å². The van der Waals surface area contributed by atoms with E-state index >= 15 is 0 Å². The van der Waals surface area contributed by atoms with Crippen molar-refractivity contribution in [3.05, 3.63) is 53.6 Å². The summed E-state index contributed by atoms with van der Waals surface area (Å²) in [5, 5.41) is 9.25. The van der Waals surface area contributed by atoms with Crippen molar-refractivity contribution in [3.63, 3.8) is 0 Å². The van der Waals surface area contributed by atoms with E-state index in [1.54, 1.807) is 23.1 Å². The van der Waals surface area contributed by atoms with Gasteiger partial charge in [0.15, 0.2) is 11.5 Å². The summed E-state index contributed by atoms with van der Waals surface area (Å²) < 4.78 is 46.4. The van der Waals surface area contributed by atoms with Gasteiger partial charge in [0.05, 0.1) is 12.9 Å². The molecule has 0 radical (unpaired) electrons. The van der Waals surface area contributed by atoms with Crippen LogP contribution in [0.15, 0.2) is 42.5 Å². The van der Waals surface area contributed by atoms with Crippen molar-refractivity contribution in [1.82, 2.24) is 4.90 Å². The van der Waals surface area contributed by atoms with Gasteiger partial charge in [-0.05, 0) is 35.4 Å². The highest BCUT2D eigenvalue weighted by atomic mass is 32.2. The maximum absolute atomic E-state index is 12.5. The molecule has 0 spiro atoms. The number of thioether (sulfide) groups is 1. The molecule has 3 rings (SSSR count). The molecule has 1 saturated heterocycles. The number of aromatic hydroxyl groups is 1. The quantitative estimate of drug-likeness (QED) is 0.821. The van der Waals surface area contributed by atoms with Gasteiger partial charge >= 0.3 is 6.36 Å². The summed E-state index contributed by atoms with van der Waals surface area (Å²) in [7, 11) is 1.42. The molecular weight excluding hydrogens is 383 g/mol. The van der Waals surface area contributed by atoms with Crippen LogP contribution in [0.25, 0.3) is 0 Å². The fourth-order valence-corrected chi connectivity index (χ4v) is 3.96. The molecule has 9 heteroatoms. The molecule has 0 aromatic heterocycles. The second kappa shape index (κ2) is 7.59. The van der Waals surface area contributed by atoms with Crippen LogP contribution in [0.3, 0.4) is 0 Å². The average Bonchev–Trinajstić information content (AvgIpc) is 2.96. The van der Waals surface area contributed by atoms with E-state index in [2.05, 4.69) is 4.74 Å². The van der Waals surface area contributed by atoms with E-state index in [4.69, 9.17) is 4.74 Å². The van der Waals surface area contributed by atoms with Crippen LogP contribution in [0, 0.1) is 0 Å². The predicted molar refractivity (Wildman–Crippen MR) is 93.5 cm³/mol. The highest BCUT2D eigenvalue weighted by molar-refractivity contribution is 8.00. The van der Waals surface area contributed by atoms with Gasteiger partial charge in [0.1, 0.15) is 11.1 Å². The topological polar surface area (TPSA) is 59.0 Å². The van der Waals surface area contributed by atoms with Crippen LogP contribution in [0.5, 0.6) is 17.2 Å². The summed E-state index contributed by atoms with van der Waals surface area (Å²) in [4.78, 5) is 13.9. The van der Waals surface area contributed by atoms with E-state index in [1.807, 2.05) is 0 Å². The Morgan fingerprint density at radius 3 is 2.74 bits per heavy atom. The molecule has 1 amide bonds. The zero-order valence-corrected chi connectivity index (χ0v) is 15.0. The third kappa shape index (κ3) is 4.60. The number of hydrogen-bond acceptors (Lipinski definition) is 5. The van der Waals surface area contributed by atoms with E-state index in [1.165, 1.54) is 43.1 Å². The number of methoxy groups -OCH3 is 1. The predicted octanol–water partition coefficient (Wildman–Crippen LogP) is 4.07. The molecule has 0 aliphatic carbocycles. The number of benzene rings is 2. The Labute approximate surface area is 157 Å². The number of phenols is 1. The summed E-state index contributed by atoms with van der Waals surface area (Å²) in [6.07, 6.45) is -4.78. The highest BCUT2D eigenvalue weighted by Crippen LogP contribution is 2.41. The minimum Gasteiger partial charge on any atom is -0.504 e. The fourth-order valence-electron chi connectivity index (χ4n) is 2.78. The van der Waals surface area contributed by atoms with Crippen molar-refractivity contribution >= 4 is 17.7 Å². The van der Waals surface area contributed by atoms with Crippen molar-refractivity contribution in [2.24, 2.45) is 0 Å². The first-order valence-electron chi connectivity index (χ1n) is 7.89. The molecule has 0 saturated carbocycles. The molecule has 1 N–H and O–H groups in total. The SMILES string of the molecule is COc1cc(CN2C(=O)CSC2c2cccc(OC(F)(F)F)c2)ccc1O. The molecule has 144 valence electrons. The van der Waals surface area contributed by atoms with Gasteiger partial charge in [-0.2, -0.15) is 0 Å². The molecule has 27 heavy (non-hydrogen) atoms. The third-order valence-corrected chi connectivity index (χ3v) is 5.20. The molecule has 1 aliphatic rings. The van der Waals surface area contributed by atoms with Crippen molar-refractivity contribution in [2.75, 3.05) is 12.9 Å². The highest BCUT2D eigenvalue weighted by Gasteiger charge is 2.34. The number of rotatable bonds is 5. The summed E-state index contributed by atoms with van der Waals surface area (Å²) in [5.41, 5.74) is 1.27. The first-order chi connectivity index (χ1) is 12.8. The van der Waals surface area contributed by atoms with Crippen molar-refractivity contribution in [1.29, 1.82) is 0 Å². The van der Waals surface area contributed by atoms with Gasteiger partial charge in [-0.1, -0.05) is 18.2 Å². The minimum atomic E-state index is -4.78. The average molecular weight is 399 g/mol. The molecule has 1 heterocycles. The summed E-state index contributed by atoms with van der Waals surface area (Å²) in [6, 6.07) is 10.4.